The molecule has 1 saturated heterocycles. The first-order valence-electron chi connectivity index (χ1n) is 8.41. The van der Waals surface area contributed by atoms with Crippen LogP contribution < -0.4 is 0 Å². The number of benzene rings is 1. The Morgan fingerprint density at radius 2 is 1.92 bits per heavy atom. The maximum Gasteiger partial charge on any atom is 0.264 e. The first-order chi connectivity index (χ1) is 11.6. The molecular weight excluding hydrogens is 318 g/mol. The van der Waals surface area contributed by atoms with Crippen molar-refractivity contribution in [1.29, 1.82) is 0 Å². The molecule has 5 heteroatoms. The van der Waals surface area contributed by atoms with E-state index in [1.807, 2.05) is 29.6 Å². The molecule has 1 aromatic carbocycles. The smallest absolute Gasteiger partial charge is 0.264 e. The van der Waals surface area contributed by atoms with Crippen molar-refractivity contribution in [2.45, 2.75) is 25.7 Å². The van der Waals surface area contributed by atoms with Gasteiger partial charge in [0.25, 0.3) is 5.91 Å². The van der Waals surface area contributed by atoms with E-state index in [9.17, 15) is 4.79 Å². The molecule has 3 heterocycles. The minimum atomic E-state index is 0.169. The number of fused-ring (bicyclic) bond motifs is 1. The number of likely N-dealkylation sites (tertiary alicyclic amines) is 1. The van der Waals surface area contributed by atoms with E-state index < -0.39 is 0 Å². The van der Waals surface area contributed by atoms with Crippen LogP contribution in [0.2, 0.25) is 0 Å². The lowest BCUT2D eigenvalue weighted by atomic mass is 9.89. The van der Waals surface area contributed by atoms with Crippen LogP contribution in [-0.2, 0) is 7.05 Å². The van der Waals surface area contributed by atoms with Gasteiger partial charge < -0.3 is 4.90 Å². The molecule has 24 heavy (non-hydrogen) atoms. The van der Waals surface area contributed by atoms with Crippen LogP contribution >= 0.6 is 11.3 Å². The van der Waals surface area contributed by atoms with Crippen molar-refractivity contribution < 1.29 is 4.79 Å². The molecule has 0 unspecified atom stereocenters. The summed E-state index contributed by atoms with van der Waals surface area (Å²) in [6.45, 7) is 3.67. The maximum absolute atomic E-state index is 12.8. The van der Waals surface area contributed by atoms with Gasteiger partial charge >= 0.3 is 0 Å². The molecule has 4 nitrogen and oxygen atoms in total. The Morgan fingerprint density at radius 1 is 1.21 bits per heavy atom. The summed E-state index contributed by atoms with van der Waals surface area (Å²) in [4.78, 5) is 16.8. The van der Waals surface area contributed by atoms with Crippen molar-refractivity contribution in [2.24, 2.45) is 7.05 Å². The fourth-order valence-electron chi connectivity index (χ4n) is 3.61. The third-order valence-electron chi connectivity index (χ3n) is 4.96. The molecule has 1 aliphatic rings. The molecule has 4 rings (SSSR count). The summed E-state index contributed by atoms with van der Waals surface area (Å²) < 4.78 is 1.87. The fourth-order valence-corrected chi connectivity index (χ4v) is 4.70. The van der Waals surface area contributed by atoms with Crippen molar-refractivity contribution in [3.05, 3.63) is 52.5 Å². The van der Waals surface area contributed by atoms with Gasteiger partial charge in [0.05, 0.1) is 10.6 Å². The largest absolute Gasteiger partial charge is 0.338 e. The molecule has 0 radical (unpaired) electrons. The highest BCUT2D eigenvalue weighted by Crippen LogP contribution is 2.31. The summed E-state index contributed by atoms with van der Waals surface area (Å²) >= 11 is 1.55. The van der Waals surface area contributed by atoms with Crippen LogP contribution in [0.4, 0.5) is 0 Å². The van der Waals surface area contributed by atoms with Crippen molar-refractivity contribution in [3.63, 3.8) is 0 Å². The second-order valence-corrected chi connectivity index (χ2v) is 7.55. The zero-order valence-corrected chi connectivity index (χ0v) is 14.8. The van der Waals surface area contributed by atoms with Crippen molar-refractivity contribution in [1.82, 2.24) is 14.7 Å². The van der Waals surface area contributed by atoms with Gasteiger partial charge in [-0.05, 0) is 37.3 Å². The number of rotatable bonds is 2. The molecule has 1 aliphatic heterocycles. The monoisotopic (exact) mass is 339 g/mol. The number of amides is 1. The first kappa shape index (κ1) is 15.4. The number of thiophene rings is 1. The van der Waals surface area contributed by atoms with E-state index in [0.29, 0.717) is 5.92 Å². The molecule has 0 saturated carbocycles. The number of carbonyl (C=O) groups excluding carboxylic acids is 1. The van der Waals surface area contributed by atoms with E-state index in [1.54, 1.807) is 11.3 Å². The van der Waals surface area contributed by atoms with Crippen LogP contribution in [0.5, 0.6) is 0 Å². The summed E-state index contributed by atoms with van der Waals surface area (Å²) in [5.74, 6) is 0.742. The summed E-state index contributed by atoms with van der Waals surface area (Å²) in [6, 6.07) is 12.7. The summed E-state index contributed by atoms with van der Waals surface area (Å²) in [7, 11) is 1.94. The van der Waals surface area contributed by atoms with E-state index in [2.05, 4.69) is 35.4 Å². The number of nitrogens with zero attached hydrogens (tertiary/aromatic N) is 3. The topological polar surface area (TPSA) is 38.1 Å². The summed E-state index contributed by atoms with van der Waals surface area (Å²) in [5.41, 5.74) is 2.39. The third kappa shape index (κ3) is 2.63. The van der Waals surface area contributed by atoms with Gasteiger partial charge in [0, 0.05) is 25.5 Å². The summed E-state index contributed by atoms with van der Waals surface area (Å²) in [5, 5.41) is 5.51. The quantitative estimate of drug-likeness (QED) is 0.709. The zero-order chi connectivity index (χ0) is 16.7. The van der Waals surface area contributed by atoms with Crippen LogP contribution in [0.25, 0.3) is 10.2 Å². The Balaban J connectivity index is 1.48. The molecule has 2 aromatic heterocycles. The standard InChI is InChI=1S/C19H21N3OS/c1-13-16-12-17(24-19(16)21(2)20-13)18(23)22-10-8-15(9-11-22)14-6-4-3-5-7-14/h3-7,12,15H,8-11H2,1-2H3. The summed E-state index contributed by atoms with van der Waals surface area (Å²) in [6.07, 6.45) is 2.09. The van der Waals surface area contributed by atoms with Gasteiger partial charge in [-0.2, -0.15) is 5.10 Å². The number of hydrogen-bond acceptors (Lipinski definition) is 3. The normalized spacial score (nSPS) is 16.0. The predicted molar refractivity (Wildman–Crippen MR) is 97.6 cm³/mol. The number of carbonyl (C=O) groups is 1. The Kier molecular flexibility index (Phi) is 3.88. The average Bonchev–Trinajstić information content (AvgIpc) is 3.17. The maximum atomic E-state index is 12.8. The van der Waals surface area contributed by atoms with Gasteiger partial charge in [0.1, 0.15) is 4.83 Å². The lowest BCUT2D eigenvalue weighted by molar-refractivity contribution is 0.0718. The van der Waals surface area contributed by atoms with E-state index in [0.717, 1.165) is 46.7 Å². The van der Waals surface area contributed by atoms with E-state index in [-0.39, 0.29) is 5.91 Å². The molecule has 0 N–H and O–H groups in total. The van der Waals surface area contributed by atoms with Gasteiger partial charge in [0.2, 0.25) is 0 Å². The van der Waals surface area contributed by atoms with Gasteiger partial charge in [-0.15, -0.1) is 11.3 Å². The molecule has 0 atom stereocenters. The Morgan fingerprint density at radius 3 is 2.58 bits per heavy atom. The number of aromatic nitrogens is 2. The number of piperidine rings is 1. The van der Waals surface area contributed by atoms with Crippen molar-refractivity contribution in [2.75, 3.05) is 13.1 Å². The average molecular weight is 339 g/mol. The third-order valence-corrected chi connectivity index (χ3v) is 6.15. The van der Waals surface area contributed by atoms with E-state index in [4.69, 9.17) is 0 Å². The van der Waals surface area contributed by atoms with Crippen LogP contribution in [0, 0.1) is 6.92 Å². The van der Waals surface area contributed by atoms with Gasteiger partial charge in [0.15, 0.2) is 0 Å². The Bertz CT molecular complexity index is 838. The van der Waals surface area contributed by atoms with E-state index in [1.165, 1.54) is 5.56 Å². The molecule has 1 amide bonds. The number of hydrogen-bond donors (Lipinski definition) is 0. The van der Waals surface area contributed by atoms with Crippen LogP contribution in [0.15, 0.2) is 36.4 Å². The van der Waals surface area contributed by atoms with Gasteiger partial charge in [-0.1, -0.05) is 30.3 Å². The molecule has 3 aromatic rings. The minimum Gasteiger partial charge on any atom is -0.338 e. The Labute approximate surface area is 145 Å². The molecule has 0 aliphatic carbocycles. The Hall–Kier alpha value is -2.14. The lowest BCUT2D eigenvalue weighted by Gasteiger charge is -2.32. The van der Waals surface area contributed by atoms with Crippen molar-refractivity contribution >= 4 is 27.5 Å². The molecule has 0 spiro atoms. The van der Waals surface area contributed by atoms with Crippen LogP contribution in [0.3, 0.4) is 0 Å². The highest BCUT2D eigenvalue weighted by molar-refractivity contribution is 7.20. The molecule has 1 fully saturated rings. The SMILES string of the molecule is Cc1nn(C)c2sc(C(=O)N3CCC(c4ccccc4)CC3)cc12. The zero-order valence-electron chi connectivity index (χ0n) is 14.0. The first-order valence-corrected chi connectivity index (χ1v) is 9.22. The number of aryl methyl sites for hydroxylation is 2. The van der Waals surface area contributed by atoms with Gasteiger partial charge in [-0.3, -0.25) is 9.48 Å². The van der Waals surface area contributed by atoms with Gasteiger partial charge in [-0.25, -0.2) is 0 Å². The second-order valence-electron chi connectivity index (χ2n) is 6.52. The lowest BCUT2D eigenvalue weighted by Crippen LogP contribution is -2.37. The van der Waals surface area contributed by atoms with Crippen molar-refractivity contribution in [3.8, 4) is 0 Å². The predicted octanol–water partition coefficient (Wildman–Crippen LogP) is 3.96. The molecule has 0 bridgehead atoms. The van der Waals surface area contributed by atoms with Crippen LogP contribution in [0.1, 0.15) is 39.7 Å². The molecular formula is C19H21N3OS. The fraction of sp³-hybridized carbons (Fsp3) is 0.368. The highest BCUT2D eigenvalue weighted by atomic mass is 32.1. The second kappa shape index (κ2) is 6.06. The van der Waals surface area contributed by atoms with Crippen LogP contribution in [-0.4, -0.2) is 33.7 Å². The molecule has 124 valence electrons. The van der Waals surface area contributed by atoms with E-state index >= 15 is 0 Å². The minimum absolute atomic E-state index is 0.169. The highest BCUT2D eigenvalue weighted by Gasteiger charge is 2.26.